The molecule has 4 nitrogen and oxygen atoms in total. The number of rotatable bonds is 5. The smallest absolute Gasteiger partial charge is 0.264 e. The lowest BCUT2D eigenvalue weighted by Crippen LogP contribution is -2.13. The molecule has 0 atom stereocenters. The van der Waals surface area contributed by atoms with Crippen LogP contribution >= 0.6 is 0 Å². The Hall–Kier alpha value is -2.40. The summed E-state index contributed by atoms with van der Waals surface area (Å²) in [6, 6.07) is 16.3. The van der Waals surface area contributed by atoms with Crippen molar-refractivity contribution in [3.05, 3.63) is 66.4 Å². The molecule has 0 aliphatic rings. The first-order chi connectivity index (χ1) is 11.1. The zero-order chi connectivity index (χ0) is 16.3. The molecule has 1 N–H and O–H groups in total. The van der Waals surface area contributed by atoms with Crippen molar-refractivity contribution < 1.29 is 8.42 Å². The average Bonchev–Trinajstić information content (AvgIpc) is 2.56. The van der Waals surface area contributed by atoms with Crippen molar-refractivity contribution in [3.63, 3.8) is 0 Å². The number of para-hydroxylation sites is 1. The highest BCUT2D eigenvalue weighted by atomic mass is 32.2. The molecule has 2 aromatic carbocycles. The van der Waals surface area contributed by atoms with Gasteiger partial charge in [-0.05, 0) is 36.2 Å². The molecule has 1 heterocycles. The molecule has 0 fully saturated rings. The van der Waals surface area contributed by atoms with Crippen molar-refractivity contribution in [2.24, 2.45) is 0 Å². The topological polar surface area (TPSA) is 59.1 Å². The van der Waals surface area contributed by atoms with Crippen LogP contribution in [-0.4, -0.2) is 13.4 Å². The van der Waals surface area contributed by atoms with Gasteiger partial charge in [-0.15, -0.1) is 0 Å². The molecule has 23 heavy (non-hydrogen) atoms. The van der Waals surface area contributed by atoms with Gasteiger partial charge in [-0.1, -0.05) is 43.7 Å². The predicted octanol–water partition coefficient (Wildman–Crippen LogP) is 3.99. The van der Waals surface area contributed by atoms with Gasteiger partial charge in [-0.3, -0.25) is 9.71 Å². The summed E-state index contributed by atoms with van der Waals surface area (Å²) in [6.45, 7) is 2.12. The van der Waals surface area contributed by atoms with Gasteiger partial charge in [-0.25, -0.2) is 8.42 Å². The first-order valence-corrected chi connectivity index (χ1v) is 9.04. The quantitative estimate of drug-likeness (QED) is 0.771. The van der Waals surface area contributed by atoms with Crippen molar-refractivity contribution in [2.45, 2.75) is 24.7 Å². The summed E-state index contributed by atoms with van der Waals surface area (Å²) in [5, 5.41) is 0.800. The Morgan fingerprint density at radius 2 is 1.74 bits per heavy atom. The predicted molar refractivity (Wildman–Crippen MR) is 93.0 cm³/mol. The van der Waals surface area contributed by atoms with Crippen LogP contribution in [0.15, 0.2) is 65.7 Å². The lowest BCUT2D eigenvalue weighted by Gasteiger charge is -2.10. The van der Waals surface area contributed by atoms with E-state index in [0.717, 1.165) is 18.2 Å². The number of aryl methyl sites for hydroxylation is 1. The van der Waals surface area contributed by atoms with E-state index < -0.39 is 10.0 Å². The summed E-state index contributed by atoms with van der Waals surface area (Å²) in [6.07, 6.45) is 3.65. The largest absolute Gasteiger partial charge is 0.280 e. The van der Waals surface area contributed by atoms with Crippen molar-refractivity contribution in [3.8, 4) is 0 Å². The summed E-state index contributed by atoms with van der Waals surface area (Å²) in [5.41, 5.74) is 2.23. The highest BCUT2D eigenvalue weighted by Gasteiger charge is 2.18. The van der Waals surface area contributed by atoms with Crippen molar-refractivity contribution >= 4 is 26.6 Å². The molecule has 118 valence electrons. The number of pyridine rings is 1. The second-order valence-corrected chi connectivity index (χ2v) is 7.03. The molecular weight excluding hydrogens is 308 g/mol. The van der Waals surface area contributed by atoms with Crippen LogP contribution in [0, 0.1) is 0 Å². The summed E-state index contributed by atoms with van der Waals surface area (Å²) in [7, 11) is -3.68. The first kappa shape index (κ1) is 15.5. The van der Waals surface area contributed by atoms with Crippen LogP contribution in [0.25, 0.3) is 10.9 Å². The molecule has 0 spiro atoms. The average molecular weight is 326 g/mol. The number of aromatic nitrogens is 1. The maximum absolute atomic E-state index is 12.7. The van der Waals surface area contributed by atoms with Gasteiger partial charge in [0.05, 0.1) is 5.52 Å². The summed E-state index contributed by atoms with van der Waals surface area (Å²) >= 11 is 0. The number of hydrogen-bond donors (Lipinski definition) is 1. The fourth-order valence-electron chi connectivity index (χ4n) is 2.53. The molecule has 0 unspecified atom stereocenters. The lowest BCUT2D eigenvalue weighted by molar-refractivity contribution is 0.602. The molecule has 0 aliphatic carbocycles. The molecule has 0 radical (unpaired) electrons. The molecule has 5 heteroatoms. The van der Waals surface area contributed by atoms with Gasteiger partial charge in [0.2, 0.25) is 0 Å². The fraction of sp³-hybridized carbons (Fsp3) is 0.167. The molecule has 0 saturated heterocycles. The zero-order valence-corrected chi connectivity index (χ0v) is 13.7. The molecule has 0 aliphatic heterocycles. The van der Waals surface area contributed by atoms with Crippen LogP contribution in [0.5, 0.6) is 0 Å². The summed E-state index contributed by atoms with van der Waals surface area (Å²) < 4.78 is 28.0. The Bertz CT molecular complexity index is 914. The maximum atomic E-state index is 12.7. The lowest BCUT2D eigenvalue weighted by atomic mass is 10.1. The normalized spacial score (nSPS) is 11.5. The van der Waals surface area contributed by atoms with E-state index in [2.05, 4.69) is 16.6 Å². The molecule has 0 saturated carbocycles. The summed E-state index contributed by atoms with van der Waals surface area (Å²) in [5.74, 6) is 0. The van der Waals surface area contributed by atoms with E-state index in [9.17, 15) is 8.42 Å². The number of fused-ring (bicyclic) bond motifs is 1. The molecule has 1 aromatic heterocycles. The van der Waals surface area contributed by atoms with Gasteiger partial charge in [0.25, 0.3) is 10.0 Å². The third-order valence-electron chi connectivity index (χ3n) is 3.63. The number of anilines is 1. The van der Waals surface area contributed by atoms with Crippen LogP contribution in [0.1, 0.15) is 18.9 Å². The highest BCUT2D eigenvalue weighted by molar-refractivity contribution is 7.93. The van der Waals surface area contributed by atoms with E-state index >= 15 is 0 Å². The van der Waals surface area contributed by atoms with E-state index in [1.54, 1.807) is 36.5 Å². The highest BCUT2D eigenvalue weighted by Crippen LogP contribution is 2.23. The Kier molecular flexibility index (Phi) is 4.30. The van der Waals surface area contributed by atoms with Gasteiger partial charge in [-0.2, -0.15) is 0 Å². The van der Waals surface area contributed by atoms with Crippen molar-refractivity contribution in [1.29, 1.82) is 0 Å². The Morgan fingerprint density at radius 1 is 1.00 bits per heavy atom. The third-order valence-corrected chi connectivity index (χ3v) is 5.04. The van der Waals surface area contributed by atoms with Crippen molar-refractivity contribution in [1.82, 2.24) is 4.98 Å². The van der Waals surface area contributed by atoms with Gasteiger partial charge < -0.3 is 0 Å². The summed E-state index contributed by atoms with van der Waals surface area (Å²) in [4.78, 5) is 4.40. The SMILES string of the molecule is CCCc1ccc(NS(=O)(=O)c2cccc3cccnc23)cc1. The second kappa shape index (κ2) is 6.38. The van der Waals surface area contributed by atoms with Crippen molar-refractivity contribution in [2.75, 3.05) is 4.72 Å². The van der Waals surface area contributed by atoms with Gasteiger partial charge in [0.15, 0.2) is 0 Å². The molecule has 0 amide bonds. The minimum Gasteiger partial charge on any atom is -0.280 e. The van der Waals surface area contributed by atoms with Crippen LogP contribution in [0.2, 0.25) is 0 Å². The maximum Gasteiger partial charge on any atom is 0.264 e. The zero-order valence-electron chi connectivity index (χ0n) is 12.9. The minimum absolute atomic E-state index is 0.188. The van der Waals surface area contributed by atoms with E-state index in [0.29, 0.717) is 11.2 Å². The Morgan fingerprint density at radius 3 is 2.48 bits per heavy atom. The molecule has 0 bridgehead atoms. The minimum atomic E-state index is -3.68. The van der Waals surface area contributed by atoms with E-state index in [1.807, 2.05) is 24.3 Å². The Balaban J connectivity index is 1.94. The first-order valence-electron chi connectivity index (χ1n) is 7.55. The van der Waals surface area contributed by atoms with Gasteiger partial charge >= 0.3 is 0 Å². The van der Waals surface area contributed by atoms with E-state index in [1.165, 1.54) is 5.56 Å². The van der Waals surface area contributed by atoms with Crippen LogP contribution < -0.4 is 4.72 Å². The third kappa shape index (κ3) is 3.35. The number of nitrogens with one attached hydrogen (secondary N) is 1. The molecular formula is C18H18N2O2S. The fourth-order valence-corrected chi connectivity index (χ4v) is 3.77. The monoisotopic (exact) mass is 326 g/mol. The number of sulfonamides is 1. The second-order valence-electron chi connectivity index (χ2n) is 5.38. The van der Waals surface area contributed by atoms with E-state index in [4.69, 9.17) is 0 Å². The molecule has 3 rings (SSSR count). The number of hydrogen-bond acceptors (Lipinski definition) is 3. The standard InChI is InChI=1S/C18H18N2O2S/c1-2-5-14-9-11-16(12-10-14)20-23(21,22)17-8-3-6-15-7-4-13-19-18(15)17/h3-4,6-13,20H,2,5H2,1H3. The van der Waals surface area contributed by atoms with E-state index in [-0.39, 0.29) is 4.90 Å². The van der Waals surface area contributed by atoms with Crippen LogP contribution in [0.3, 0.4) is 0 Å². The van der Waals surface area contributed by atoms with Crippen LogP contribution in [-0.2, 0) is 16.4 Å². The van der Waals surface area contributed by atoms with Gasteiger partial charge in [0, 0.05) is 17.3 Å². The number of benzene rings is 2. The number of nitrogens with zero attached hydrogens (tertiary/aromatic N) is 1. The van der Waals surface area contributed by atoms with Gasteiger partial charge in [0.1, 0.15) is 4.90 Å². The van der Waals surface area contributed by atoms with Crippen LogP contribution in [0.4, 0.5) is 5.69 Å². The molecule has 3 aromatic rings. The Labute approximate surface area is 136 Å².